The Morgan fingerprint density at radius 1 is 1.50 bits per heavy atom. The molecule has 1 saturated heterocycles. The van der Waals surface area contributed by atoms with Crippen molar-refractivity contribution >= 4 is 11.8 Å². The van der Waals surface area contributed by atoms with Crippen molar-refractivity contribution in [3.63, 3.8) is 0 Å². The highest BCUT2D eigenvalue weighted by molar-refractivity contribution is 5.77. The lowest BCUT2D eigenvalue weighted by molar-refractivity contribution is -0.158. The lowest BCUT2D eigenvalue weighted by atomic mass is 9.74. The molecule has 1 aliphatic rings. The summed E-state index contributed by atoms with van der Waals surface area (Å²) in [6.07, 6.45) is 0.870. The van der Waals surface area contributed by atoms with Crippen LogP contribution in [0.5, 0.6) is 0 Å². The van der Waals surface area contributed by atoms with Crippen LogP contribution in [0.15, 0.2) is 18.2 Å². The molecule has 5 nitrogen and oxygen atoms in total. The summed E-state index contributed by atoms with van der Waals surface area (Å²) < 4.78 is 0. The van der Waals surface area contributed by atoms with Gasteiger partial charge in [-0.1, -0.05) is 33.3 Å². The number of rotatable bonds is 5. The molecule has 122 valence electrons. The molecule has 0 saturated carbocycles. The lowest BCUT2D eigenvalue weighted by Gasteiger charge is -2.44. The quantitative estimate of drug-likeness (QED) is 0.875. The van der Waals surface area contributed by atoms with Crippen LogP contribution >= 0.6 is 0 Å². The van der Waals surface area contributed by atoms with Crippen LogP contribution in [0.3, 0.4) is 0 Å². The zero-order valence-electron chi connectivity index (χ0n) is 13.6. The van der Waals surface area contributed by atoms with E-state index in [4.69, 9.17) is 0 Å². The van der Waals surface area contributed by atoms with Crippen LogP contribution in [0.1, 0.15) is 51.6 Å². The Morgan fingerprint density at radius 3 is 2.82 bits per heavy atom. The third-order valence-electron chi connectivity index (χ3n) is 4.58. The van der Waals surface area contributed by atoms with E-state index < -0.39 is 17.5 Å². The van der Waals surface area contributed by atoms with Gasteiger partial charge in [-0.05, 0) is 30.9 Å². The summed E-state index contributed by atoms with van der Waals surface area (Å²) in [5.41, 5.74) is -0.0947. The zero-order valence-corrected chi connectivity index (χ0v) is 13.6. The smallest absolute Gasteiger partial charge is 0.314 e. The van der Waals surface area contributed by atoms with E-state index >= 15 is 0 Å². The van der Waals surface area contributed by atoms with E-state index in [9.17, 15) is 15.0 Å². The summed E-state index contributed by atoms with van der Waals surface area (Å²) >= 11 is 0. The standard InChI is InChI=1S/C17H26N2O3/c1-4-9-17(16(21)22)11-19(10-8-14(17)20)15-7-5-6-13(18-15)12(2)3/h5-7,12,14,20H,4,8-11H2,1-3H3,(H,21,22)/t14-,17-/m0/s1. The molecule has 0 unspecified atom stereocenters. The van der Waals surface area contributed by atoms with E-state index in [1.807, 2.05) is 30.0 Å². The monoisotopic (exact) mass is 306 g/mol. The second-order valence-corrected chi connectivity index (χ2v) is 6.51. The lowest BCUT2D eigenvalue weighted by Crippen LogP contribution is -2.56. The molecule has 22 heavy (non-hydrogen) atoms. The number of nitrogens with zero attached hydrogens (tertiary/aromatic N) is 2. The van der Waals surface area contributed by atoms with E-state index in [2.05, 4.69) is 18.8 Å². The largest absolute Gasteiger partial charge is 0.481 e. The van der Waals surface area contributed by atoms with Gasteiger partial charge in [-0.2, -0.15) is 0 Å². The van der Waals surface area contributed by atoms with Gasteiger partial charge in [0.05, 0.1) is 6.10 Å². The Morgan fingerprint density at radius 2 is 2.23 bits per heavy atom. The summed E-state index contributed by atoms with van der Waals surface area (Å²) in [5.74, 6) is 0.224. The molecule has 2 rings (SSSR count). The first-order valence-corrected chi connectivity index (χ1v) is 8.04. The number of pyridine rings is 1. The first-order valence-electron chi connectivity index (χ1n) is 8.04. The minimum absolute atomic E-state index is 0.311. The molecule has 0 amide bonds. The normalized spacial score (nSPS) is 25.5. The maximum atomic E-state index is 11.8. The predicted octanol–water partition coefficient (Wildman–Crippen LogP) is 2.65. The molecule has 1 fully saturated rings. The van der Waals surface area contributed by atoms with E-state index in [1.165, 1.54) is 0 Å². The van der Waals surface area contributed by atoms with Crippen molar-refractivity contribution in [3.05, 3.63) is 23.9 Å². The third kappa shape index (κ3) is 3.09. The van der Waals surface area contributed by atoms with Crippen LogP contribution < -0.4 is 4.90 Å². The number of anilines is 1. The summed E-state index contributed by atoms with van der Waals surface area (Å²) in [6, 6.07) is 5.87. The van der Waals surface area contributed by atoms with Crippen LogP contribution in [0, 0.1) is 5.41 Å². The molecule has 1 aromatic rings. The maximum absolute atomic E-state index is 11.8. The van der Waals surface area contributed by atoms with Gasteiger partial charge in [-0.3, -0.25) is 4.79 Å². The van der Waals surface area contributed by atoms with Crippen LogP contribution in [-0.2, 0) is 4.79 Å². The van der Waals surface area contributed by atoms with E-state index in [1.54, 1.807) is 0 Å². The van der Waals surface area contributed by atoms with Crippen molar-refractivity contribution in [2.45, 2.75) is 52.1 Å². The Labute approximate surface area is 132 Å². The number of hydrogen-bond donors (Lipinski definition) is 2. The Bertz CT molecular complexity index is 532. The van der Waals surface area contributed by atoms with Gasteiger partial charge >= 0.3 is 5.97 Å². The summed E-state index contributed by atoms with van der Waals surface area (Å²) in [7, 11) is 0. The SMILES string of the molecule is CCC[C@]1(C(=O)O)CN(c2cccc(C(C)C)n2)CC[C@@H]1O. The number of aliphatic carboxylic acids is 1. The van der Waals surface area contributed by atoms with Crippen molar-refractivity contribution in [3.8, 4) is 0 Å². The first kappa shape index (κ1) is 16.7. The molecular formula is C17H26N2O3. The summed E-state index contributed by atoms with van der Waals surface area (Å²) in [6.45, 7) is 7.07. The minimum Gasteiger partial charge on any atom is -0.481 e. The number of piperidine rings is 1. The predicted molar refractivity (Wildman–Crippen MR) is 86.1 cm³/mol. The zero-order chi connectivity index (χ0) is 16.3. The van der Waals surface area contributed by atoms with Crippen molar-refractivity contribution in [2.24, 2.45) is 5.41 Å². The number of aliphatic hydroxyl groups excluding tert-OH is 1. The average molecular weight is 306 g/mol. The molecule has 5 heteroatoms. The van der Waals surface area contributed by atoms with E-state index in [0.29, 0.717) is 31.8 Å². The van der Waals surface area contributed by atoms with Gasteiger partial charge in [0, 0.05) is 18.8 Å². The van der Waals surface area contributed by atoms with Gasteiger partial charge in [-0.25, -0.2) is 4.98 Å². The molecule has 0 spiro atoms. The number of carbonyl (C=O) groups is 1. The molecule has 1 aromatic heterocycles. The fraction of sp³-hybridized carbons (Fsp3) is 0.647. The van der Waals surface area contributed by atoms with Crippen molar-refractivity contribution < 1.29 is 15.0 Å². The van der Waals surface area contributed by atoms with Crippen LogP contribution in [0.25, 0.3) is 0 Å². The van der Waals surface area contributed by atoms with Gasteiger partial charge in [0.25, 0.3) is 0 Å². The van der Waals surface area contributed by atoms with E-state index in [-0.39, 0.29) is 0 Å². The molecule has 0 bridgehead atoms. The number of hydrogen-bond acceptors (Lipinski definition) is 4. The minimum atomic E-state index is -1.09. The molecule has 2 heterocycles. The van der Waals surface area contributed by atoms with Crippen LogP contribution in [0.4, 0.5) is 5.82 Å². The third-order valence-corrected chi connectivity index (χ3v) is 4.58. The van der Waals surface area contributed by atoms with E-state index in [0.717, 1.165) is 17.9 Å². The Hall–Kier alpha value is -1.62. The molecule has 2 atom stereocenters. The molecule has 1 aliphatic heterocycles. The number of carboxylic acids is 1. The molecular weight excluding hydrogens is 280 g/mol. The highest BCUT2D eigenvalue weighted by Crippen LogP contribution is 2.37. The number of carboxylic acid groups (broad SMARTS) is 1. The van der Waals surface area contributed by atoms with Gasteiger partial charge in [0.1, 0.15) is 11.2 Å². The van der Waals surface area contributed by atoms with Gasteiger partial charge in [-0.15, -0.1) is 0 Å². The molecule has 0 aromatic carbocycles. The topological polar surface area (TPSA) is 73.7 Å². The molecule has 0 radical (unpaired) electrons. The molecule has 2 N–H and O–H groups in total. The second-order valence-electron chi connectivity index (χ2n) is 6.51. The average Bonchev–Trinajstić information content (AvgIpc) is 2.49. The number of aromatic nitrogens is 1. The van der Waals surface area contributed by atoms with Crippen LogP contribution in [0.2, 0.25) is 0 Å². The second kappa shape index (κ2) is 6.65. The Kier molecular flexibility index (Phi) is 5.06. The highest BCUT2D eigenvalue weighted by atomic mass is 16.4. The van der Waals surface area contributed by atoms with Crippen molar-refractivity contribution in [2.75, 3.05) is 18.0 Å². The summed E-state index contributed by atoms with van der Waals surface area (Å²) in [4.78, 5) is 18.5. The highest BCUT2D eigenvalue weighted by Gasteiger charge is 2.48. The fourth-order valence-electron chi connectivity index (χ4n) is 3.22. The molecule has 0 aliphatic carbocycles. The first-order chi connectivity index (χ1) is 10.4. The number of aliphatic hydroxyl groups is 1. The Balaban J connectivity index is 2.30. The fourth-order valence-corrected chi connectivity index (χ4v) is 3.22. The maximum Gasteiger partial charge on any atom is 0.314 e. The van der Waals surface area contributed by atoms with Crippen molar-refractivity contribution in [1.29, 1.82) is 0 Å². The van der Waals surface area contributed by atoms with Crippen molar-refractivity contribution in [1.82, 2.24) is 4.98 Å². The van der Waals surface area contributed by atoms with Crippen LogP contribution in [-0.4, -0.2) is 40.4 Å². The van der Waals surface area contributed by atoms with Gasteiger partial charge in [0.15, 0.2) is 0 Å². The summed E-state index contributed by atoms with van der Waals surface area (Å²) in [5, 5.41) is 20.0. The van der Waals surface area contributed by atoms with Gasteiger partial charge in [0.2, 0.25) is 0 Å². The van der Waals surface area contributed by atoms with Gasteiger partial charge < -0.3 is 15.1 Å².